The Morgan fingerprint density at radius 2 is 1.17 bits per heavy atom. The molecule has 0 aliphatic carbocycles. The maximum atomic E-state index is 3.69. The topological polar surface area (TPSA) is 30.1 Å². The molecule has 0 aliphatic heterocycles. The zero-order valence-electron chi connectivity index (χ0n) is 20.2. The van der Waals surface area contributed by atoms with Gasteiger partial charge in [-0.15, -0.1) is 0 Å². The van der Waals surface area contributed by atoms with Crippen LogP contribution in [0.3, 0.4) is 0 Å². The van der Waals surface area contributed by atoms with Crippen molar-refractivity contribution in [2.45, 2.75) is 19.6 Å². The lowest BCUT2D eigenvalue weighted by Gasteiger charge is -2.13. The summed E-state index contributed by atoms with van der Waals surface area (Å²) < 4.78 is 2.22. The van der Waals surface area contributed by atoms with Crippen molar-refractivity contribution in [2.75, 3.05) is 0 Å². The Labute approximate surface area is 211 Å². The highest BCUT2D eigenvalue weighted by Crippen LogP contribution is 2.28. The molecule has 2 heterocycles. The lowest BCUT2D eigenvalue weighted by molar-refractivity contribution is -0.688. The maximum absolute atomic E-state index is 3.69. The molecule has 0 unspecified atom stereocenters. The van der Waals surface area contributed by atoms with Crippen molar-refractivity contribution in [3.63, 3.8) is 0 Å². The van der Waals surface area contributed by atoms with Gasteiger partial charge in [-0.2, -0.15) is 0 Å². The fourth-order valence-electron chi connectivity index (χ4n) is 4.94. The van der Waals surface area contributed by atoms with Gasteiger partial charge in [0.15, 0.2) is 31.3 Å². The van der Waals surface area contributed by atoms with Gasteiger partial charge in [0.25, 0.3) is 0 Å². The lowest BCUT2D eigenvalue weighted by Crippen LogP contribution is -2.33. The number of rotatable bonds is 7. The summed E-state index contributed by atoms with van der Waals surface area (Å²) in [5, 5.41) is 8.93. The Balaban J connectivity index is 1.11. The Kier molecular flexibility index (Phi) is 6.22. The fraction of sp³-hybridized carbons (Fsp3) is 0.0909. The predicted molar refractivity (Wildman–Crippen MR) is 146 cm³/mol. The van der Waals surface area contributed by atoms with Crippen LogP contribution >= 0.6 is 0 Å². The van der Waals surface area contributed by atoms with Gasteiger partial charge in [0, 0.05) is 42.9 Å². The normalized spacial score (nSPS) is 11.2. The Morgan fingerprint density at radius 1 is 0.583 bits per heavy atom. The van der Waals surface area contributed by atoms with E-state index in [1.54, 1.807) is 0 Å². The van der Waals surface area contributed by atoms with Gasteiger partial charge in [-0.3, -0.25) is 0 Å². The molecule has 3 nitrogen and oxygen atoms in total. The highest BCUT2D eigenvalue weighted by molar-refractivity contribution is 6.02. The molecule has 6 aromatic rings. The molecule has 2 aromatic heterocycles. The first-order chi connectivity index (χ1) is 17.8. The van der Waals surface area contributed by atoms with Gasteiger partial charge in [0.1, 0.15) is 0 Å². The van der Waals surface area contributed by atoms with Crippen LogP contribution in [0.4, 0.5) is 0 Å². The molecule has 3 heteroatoms. The summed E-state index contributed by atoms with van der Waals surface area (Å²) in [6, 6.07) is 37.1. The number of nitrogens with zero attached hydrogens (tertiary/aromatic N) is 1. The average Bonchev–Trinajstić information content (AvgIpc) is 2.94. The molecule has 0 atom stereocenters. The van der Waals surface area contributed by atoms with Crippen molar-refractivity contribution in [1.29, 1.82) is 0 Å². The summed E-state index contributed by atoms with van der Waals surface area (Å²) in [7, 11) is 0. The second-order valence-electron chi connectivity index (χ2n) is 9.27. The van der Waals surface area contributed by atoms with Crippen LogP contribution in [0, 0.1) is 0 Å². The Morgan fingerprint density at radius 3 is 1.83 bits per heavy atom. The van der Waals surface area contributed by atoms with E-state index < -0.39 is 0 Å². The molecule has 0 saturated heterocycles. The summed E-state index contributed by atoms with van der Waals surface area (Å²) in [5.41, 5.74) is 6.40. The first-order valence-electron chi connectivity index (χ1n) is 12.5. The molecule has 0 bridgehead atoms. The minimum absolute atomic E-state index is 0.839. The molecule has 4 aromatic carbocycles. The molecule has 0 saturated carbocycles. The summed E-state index contributed by atoms with van der Waals surface area (Å²) in [6.45, 7) is 2.54. The summed E-state index contributed by atoms with van der Waals surface area (Å²) in [4.78, 5) is 3.08. The number of H-pyrrole nitrogens is 1. The number of hydrogen-bond donors (Lipinski definition) is 1. The molecule has 0 spiro atoms. The van der Waals surface area contributed by atoms with Crippen LogP contribution in [0.25, 0.3) is 32.7 Å². The second-order valence-corrected chi connectivity index (χ2v) is 9.27. The van der Waals surface area contributed by atoms with E-state index in [-0.39, 0.29) is 0 Å². The summed E-state index contributed by atoms with van der Waals surface area (Å²) >= 11 is 0. The van der Waals surface area contributed by atoms with Crippen molar-refractivity contribution in [2.24, 2.45) is 0 Å². The number of aromatic nitrogens is 2. The first kappa shape index (κ1) is 22.1. The predicted octanol–water partition coefficient (Wildman–Crippen LogP) is 6.10. The SMILES string of the molecule is c1ccc2c(CNCc3ccc(C[n+]4ccc(-c5cc[nH+]cc5)cc4)cc3)c3ccccc3cc2c1. The number of aromatic amines is 1. The highest BCUT2D eigenvalue weighted by atomic mass is 14.9. The van der Waals surface area contributed by atoms with E-state index in [1.807, 2.05) is 12.4 Å². The van der Waals surface area contributed by atoms with Gasteiger partial charge in [-0.25, -0.2) is 9.55 Å². The quantitative estimate of drug-likeness (QED) is 0.223. The average molecular weight is 468 g/mol. The molecule has 0 fully saturated rings. The highest BCUT2D eigenvalue weighted by Gasteiger charge is 2.08. The fourth-order valence-corrected chi connectivity index (χ4v) is 4.94. The van der Waals surface area contributed by atoms with Crippen molar-refractivity contribution in [1.82, 2.24) is 5.32 Å². The summed E-state index contributed by atoms with van der Waals surface area (Å²) in [5.74, 6) is 0. The lowest BCUT2D eigenvalue weighted by atomic mass is 9.96. The van der Waals surface area contributed by atoms with E-state index >= 15 is 0 Å². The van der Waals surface area contributed by atoms with Crippen LogP contribution in [0.5, 0.6) is 0 Å². The van der Waals surface area contributed by atoms with Gasteiger partial charge < -0.3 is 5.32 Å². The van der Waals surface area contributed by atoms with Crippen molar-refractivity contribution in [3.05, 3.63) is 145 Å². The zero-order valence-corrected chi connectivity index (χ0v) is 20.2. The van der Waals surface area contributed by atoms with Crippen LogP contribution < -0.4 is 14.9 Å². The maximum Gasteiger partial charge on any atom is 0.173 e. The molecular weight excluding hydrogens is 438 g/mol. The van der Waals surface area contributed by atoms with Crippen LogP contribution in [0.1, 0.15) is 16.7 Å². The van der Waals surface area contributed by atoms with E-state index in [2.05, 4.69) is 130 Å². The van der Waals surface area contributed by atoms with E-state index in [0.717, 1.165) is 19.6 Å². The minimum atomic E-state index is 0.839. The third-order valence-electron chi connectivity index (χ3n) is 6.84. The minimum Gasteiger partial charge on any atom is -0.309 e. The summed E-state index contributed by atoms with van der Waals surface area (Å²) in [6.07, 6.45) is 8.21. The number of benzene rings is 4. The number of nitrogens with one attached hydrogen (secondary N) is 2. The molecule has 0 aliphatic rings. The van der Waals surface area contributed by atoms with Crippen LogP contribution in [-0.4, -0.2) is 0 Å². The van der Waals surface area contributed by atoms with Crippen molar-refractivity contribution < 1.29 is 9.55 Å². The van der Waals surface area contributed by atoms with Crippen LogP contribution in [0.2, 0.25) is 0 Å². The first-order valence-corrected chi connectivity index (χ1v) is 12.5. The number of hydrogen-bond acceptors (Lipinski definition) is 1. The van der Waals surface area contributed by atoms with E-state index in [9.17, 15) is 0 Å². The van der Waals surface area contributed by atoms with Gasteiger partial charge in [0.05, 0.1) is 0 Å². The standard InChI is InChI=1S/C33H28N3/c1-3-7-31-29(5-1)21-30-6-2-4-8-32(30)33(31)23-35-22-25-9-11-26(12-10-25)24-36-19-15-28(16-20-36)27-13-17-34-18-14-27/h1-21,35H,22-24H2/q+1/p+1. The third-order valence-corrected chi connectivity index (χ3v) is 6.84. The van der Waals surface area contributed by atoms with Crippen LogP contribution in [-0.2, 0) is 19.6 Å². The Bertz CT molecular complexity index is 1550. The van der Waals surface area contributed by atoms with E-state index in [1.165, 1.54) is 49.4 Å². The monoisotopic (exact) mass is 467 g/mol. The molecule has 0 radical (unpaired) electrons. The van der Waals surface area contributed by atoms with Gasteiger partial charge in [-0.1, -0.05) is 72.8 Å². The molecular formula is C33H29N3+2. The number of fused-ring (bicyclic) bond motifs is 2. The molecule has 36 heavy (non-hydrogen) atoms. The zero-order chi connectivity index (χ0) is 24.2. The van der Waals surface area contributed by atoms with Crippen molar-refractivity contribution >= 4 is 21.5 Å². The van der Waals surface area contributed by atoms with E-state index in [0.29, 0.717) is 0 Å². The molecule has 0 amide bonds. The van der Waals surface area contributed by atoms with Gasteiger partial charge >= 0.3 is 0 Å². The molecule has 6 rings (SSSR count). The molecule has 174 valence electrons. The van der Waals surface area contributed by atoms with Crippen LogP contribution in [0.15, 0.2) is 128 Å². The van der Waals surface area contributed by atoms with Gasteiger partial charge in [-0.05, 0) is 49.9 Å². The third kappa shape index (κ3) is 4.74. The Hall–Kier alpha value is -4.34. The smallest absolute Gasteiger partial charge is 0.173 e. The van der Waals surface area contributed by atoms with E-state index in [4.69, 9.17) is 0 Å². The second kappa shape index (κ2) is 10.1. The number of pyridine rings is 2. The van der Waals surface area contributed by atoms with Gasteiger partial charge in [0.2, 0.25) is 0 Å². The van der Waals surface area contributed by atoms with Crippen molar-refractivity contribution in [3.8, 4) is 11.1 Å². The molecule has 2 N–H and O–H groups in total. The largest absolute Gasteiger partial charge is 0.309 e.